The predicted octanol–water partition coefficient (Wildman–Crippen LogP) is 3.49. The highest BCUT2D eigenvalue weighted by Gasteiger charge is 2.13. The number of hydrogen-bond donors (Lipinski definition) is 0. The molecule has 0 fully saturated rings. The zero-order valence-electron chi connectivity index (χ0n) is 12.3. The van der Waals surface area contributed by atoms with E-state index in [1.807, 2.05) is 25.3 Å². The predicted molar refractivity (Wildman–Crippen MR) is 83.8 cm³/mol. The van der Waals surface area contributed by atoms with Crippen LogP contribution in [0.3, 0.4) is 0 Å². The number of unbranched alkanes of at least 4 members (excludes halogenated alkanes) is 1. The van der Waals surface area contributed by atoms with Crippen molar-refractivity contribution in [3.63, 3.8) is 0 Å². The molecule has 0 aliphatic rings. The second kappa shape index (κ2) is 5.56. The molecule has 0 aliphatic heterocycles. The Kier molecular flexibility index (Phi) is 3.60. The van der Waals surface area contributed by atoms with Crippen LogP contribution >= 0.6 is 0 Å². The lowest BCUT2D eigenvalue weighted by atomic mass is 10.1. The third-order valence-corrected chi connectivity index (χ3v) is 3.87. The van der Waals surface area contributed by atoms with Gasteiger partial charge in [0, 0.05) is 36.0 Å². The van der Waals surface area contributed by atoms with Crippen LogP contribution in [0.25, 0.3) is 21.8 Å². The SMILES string of the molecule is COc1ccc2c3ccnc(C)c3n(CCCC=O)c2c1. The Morgan fingerprint density at radius 1 is 1.29 bits per heavy atom. The molecule has 1 aromatic carbocycles. The molecule has 2 aromatic heterocycles. The third-order valence-electron chi connectivity index (χ3n) is 3.87. The molecule has 4 nitrogen and oxygen atoms in total. The molecule has 0 aliphatic carbocycles. The van der Waals surface area contributed by atoms with E-state index < -0.39 is 0 Å². The van der Waals surface area contributed by atoms with Crippen molar-refractivity contribution in [1.82, 2.24) is 9.55 Å². The van der Waals surface area contributed by atoms with Crippen LogP contribution < -0.4 is 4.74 Å². The van der Waals surface area contributed by atoms with Crippen LogP contribution in [0.2, 0.25) is 0 Å². The first-order valence-electron chi connectivity index (χ1n) is 7.11. The summed E-state index contributed by atoms with van der Waals surface area (Å²) in [5.41, 5.74) is 3.28. The molecule has 0 bridgehead atoms. The minimum Gasteiger partial charge on any atom is -0.497 e. The summed E-state index contributed by atoms with van der Waals surface area (Å²) in [5.74, 6) is 0.840. The molecule has 4 heteroatoms. The van der Waals surface area contributed by atoms with E-state index in [0.717, 1.165) is 41.7 Å². The van der Waals surface area contributed by atoms with Crippen LogP contribution in [0.5, 0.6) is 5.75 Å². The first kappa shape index (κ1) is 13.6. The van der Waals surface area contributed by atoms with Gasteiger partial charge in [0.1, 0.15) is 12.0 Å². The molecule has 0 radical (unpaired) electrons. The molecule has 0 atom stereocenters. The molecule has 21 heavy (non-hydrogen) atoms. The number of methoxy groups -OCH3 is 1. The molecular formula is C17H18N2O2. The molecule has 2 heterocycles. The van der Waals surface area contributed by atoms with Crippen molar-refractivity contribution in [1.29, 1.82) is 0 Å². The van der Waals surface area contributed by atoms with Gasteiger partial charge in [-0.2, -0.15) is 0 Å². The van der Waals surface area contributed by atoms with Crippen LogP contribution in [-0.2, 0) is 11.3 Å². The number of hydrogen-bond acceptors (Lipinski definition) is 3. The van der Waals surface area contributed by atoms with E-state index in [-0.39, 0.29) is 0 Å². The van der Waals surface area contributed by atoms with E-state index in [2.05, 4.69) is 21.7 Å². The topological polar surface area (TPSA) is 44.1 Å². The third kappa shape index (κ3) is 2.27. The van der Waals surface area contributed by atoms with E-state index in [4.69, 9.17) is 4.74 Å². The summed E-state index contributed by atoms with van der Waals surface area (Å²) >= 11 is 0. The number of benzene rings is 1. The maximum Gasteiger partial charge on any atom is 0.120 e. The first-order chi connectivity index (χ1) is 10.3. The summed E-state index contributed by atoms with van der Waals surface area (Å²) in [6, 6.07) is 8.17. The van der Waals surface area contributed by atoms with Crippen LogP contribution in [0.15, 0.2) is 30.5 Å². The zero-order chi connectivity index (χ0) is 14.8. The van der Waals surface area contributed by atoms with Crippen LogP contribution in [0.1, 0.15) is 18.5 Å². The summed E-state index contributed by atoms with van der Waals surface area (Å²) in [5, 5.41) is 2.40. The van der Waals surface area contributed by atoms with Crippen molar-refractivity contribution in [3.8, 4) is 5.75 Å². The Bertz CT molecular complexity index is 805. The number of carbonyl (C=O) groups is 1. The molecule has 0 N–H and O–H groups in total. The van der Waals surface area contributed by atoms with E-state index in [1.54, 1.807) is 7.11 Å². The van der Waals surface area contributed by atoms with Crippen molar-refractivity contribution in [3.05, 3.63) is 36.2 Å². The second-order valence-electron chi connectivity index (χ2n) is 5.14. The highest BCUT2D eigenvalue weighted by Crippen LogP contribution is 2.32. The maximum atomic E-state index is 10.6. The van der Waals surface area contributed by atoms with Crippen molar-refractivity contribution in [2.24, 2.45) is 0 Å². The average Bonchev–Trinajstić information content (AvgIpc) is 2.82. The highest BCUT2D eigenvalue weighted by molar-refractivity contribution is 6.09. The van der Waals surface area contributed by atoms with Gasteiger partial charge in [-0.05, 0) is 31.5 Å². The summed E-state index contributed by atoms with van der Waals surface area (Å²) in [7, 11) is 1.67. The van der Waals surface area contributed by atoms with Gasteiger partial charge in [-0.15, -0.1) is 0 Å². The molecule has 0 saturated carbocycles. The van der Waals surface area contributed by atoms with Gasteiger partial charge in [0.15, 0.2) is 0 Å². The Labute approximate surface area is 123 Å². The Morgan fingerprint density at radius 2 is 2.14 bits per heavy atom. The van der Waals surface area contributed by atoms with Crippen molar-refractivity contribution >= 4 is 28.1 Å². The zero-order valence-corrected chi connectivity index (χ0v) is 12.3. The fraction of sp³-hybridized carbons (Fsp3) is 0.294. The number of aromatic nitrogens is 2. The number of aryl methyl sites for hydroxylation is 2. The molecule has 0 amide bonds. The van der Waals surface area contributed by atoms with Gasteiger partial charge in [0.2, 0.25) is 0 Å². The monoisotopic (exact) mass is 282 g/mol. The summed E-state index contributed by atoms with van der Waals surface area (Å²) < 4.78 is 7.59. The van der Waals surface area contributed by atoms with E-state index in [1.165, 1.54) is 10.8 Å². The molecule has 0 saturated heterocycles. The number of fused-ring (bicyclic) bond motifs is 3. The van der Waals surface area contributed by atoms with E-state index in [9.17, 15) is 4.79 Å². The van der Waals surface area contributed by atoms with Gasteiger partial charge >= 0.3 is 0 Å². The van der Waals surface area contributed by atoms with E-state index >= 15 is 0 Å². The van der Waals surface area contributed by atoms with Crippen molar-refractivity contribution in [2.75, 3.05) is 7.11 Å². The summed E-state index contributed by atoms with van der Waals surface area (Å²) in [6.45, 7) is 2.83. The maximum absolute atomic E-state index is 10.6. The minimum atomic E-state index is 0.574. The lowest BCUT2D eigenvalue weighted by Gasteiger charge is -2.08. The molecule has 0 unspecified atom stereocenters. The molecule has 3 rings (SSSR count). The standard InChI is InChI=1S/C17H18N2O2/c1-12-17-15(7-8-18-12)14-6-5-13(21-2)11-16(14)19(17)9-3-4-10-20/h5-8,10-11H,3-4,9H2,1-2H3. The quantitative estimate of drug-likeness (QED) is 0.531. The minimum absolute atomic E-state index is 0.574. The lowest BCUT2D eigenvalue weighted by molar-refractivity contribution is -0.107. The summed E-state index contributed by atoms with van der Waals surface area (Å²) in [4.78, 5) is 15.0. The number of pyridine rings is 1. The van der Waals surface area contributed by atoms with Gasteiger partial charge in [-0.25, -0.2) is 0 Å². The molecule has 0 spiro atoms. The Hall–Kier alpha value is -2.36. The fourth-order valence-electron chi connectivity index (χ4n) is 2.89. The highest BCUT2D eigenvalue weighted by atomic mass is 16.5. The number of carbonyl (C=O) groups excluding carboxylic acids is 1. The number of ether oxygens (including phenoxy) is 1. The van der Waals surface area contributed by atoms with Gasteiger partial charge in [0.25, 0.3) is 0 Å². The normalized spacial score (nSPS) is 11.1. The van der Waals surface area contributed by atoms with Crippen LogP contribution in [0.4, 0.5) is 0 Å². The molecule has 3 aromatic rings. The molecular weight excluding hydrogens is 264 g/mol. The lowest BCUT2D eigenvalue weighted by Crippen LogP contribution is -2.00. The van der Waals surface area contributed by atoms with Gasteiger partial charge in [-0.3, -0.25) is 4.98 Å². The number of nitrogens with zero attached hydrogens (tertiary/aromatic N) is 2. The number of aldehydes is 1. The van der Waals surface area contributed by atoms with Crippen molar-refractivity contribution < 1.29 is 9.53 Å². The molecule has 108 valence electrons. The smallest absolute Gasteiger partial charge is 0.120 e. The van der Waals surface area contributed by atoms with E-state index in [0.29, 0.717) is 6.42 Å². The average molecular weight is 282 g/mol. The van der Waals surface area contributed by atoms with Crippen molar-refractivity contribution in [2.45, 2.75) is 26.3 Å². The summed E-state index contributed by atoms with van der Waals surface area (Å²) in [6.07, 6.45) is 4.22. The second-order valence-corrected chi connectivity index (χ2v) is 5.14. The number of rotatable bonds is 5. The fourth-order valence-corrected chi connectivity index (χ4v) is 2.89. The first-order valence-corrected chi connectivity index (χ1v) is 7.11. The van der Waals surface area contributed by atoms with Crippen LogP contribution in [-0.4, -0.2) is 22.9 Å². The largest absolute Gasteiger partial charge is 0.497 e. The Balaban J connectivity index is 2.28. The Morgan fingerprint density at radius 3 is 2.90 bits per heavy atom. The van der Waals surface area contributed by atoms with Gasteiger partial charge < -0.3 is 14.1 Å². The van der Waals surface area contributed by atoms with Gasteiger partial charge in [-0.1, -0.05) is 0 Å². The van der Waals surface area contributed by atoms with Crippen LogP contribution in [0, 0.1) is 6.92 Å². The van der Waals surface area contributed by atoms with Gasteiger partial charge in [0.05, 0.1) is 23.8 Å².